The second-order valence-electron chi connectivity index (χ2n) is 9.36. The Bertz CT molecular complexity index is 776. The Morgan fingerprint density at radius 2 is 1.61 bits per heavy atom. The molecule has 0 fully saturated rings. The summed E-state index contributed by atoms with van der Waals surface area (Å²) in [5.74, 6) is 1.48. The molecule has 0 unspecified atom stereocenters. The fourth-order valence-corrected chi connectivity index (χ4v) is 4.19. The molecule has 0 spiro atoms. The molecule has 2 aromatic carbocycles. The number of hydrogen-bond donors (Lipinski definition) is 1. The van der Waals surface area contributed by atoms with Crippen LogP contribution >= 0.6 is 15.9 Å². The molecule has 154 valence electrons. The summed E-state index contributed by atoms with van der Waals surface area (Å²) in [4.78, 5) is 0. The van der Waals surface area contributed by atoms with Crippen molar-refractivity contribution in [2.24, 2.45) is 5.41 Å². The Hall–Kier alpha value is -1.52. The van der Waals surface area contributed by atoms with Gasteiger partial charge >= 0.3 is 0 Å². The van der Waals surface area contributed by atoms with Crippen molar-refractivity contribution in [2.45, 2.75) is 66.7 Å². The predicted octanol–water partition coefficient (Wildman–Crippen LogP) is 6.65. The maximum atomic E-state index is 6.06. The van der Waals surface area contributed by atoms with E-state index in [0.717, 1.165) is 40.1 Å². The minimum atomic E-state index is 0.0541. The summed E-state index contributed by atoms with van der Waals surface area (Å²) in [7, 11) is 1.68. The first-order chi connectivity index (χ1) is 13.0. The van der Waals surface area contributed by atoms with Gasteiger partial charge in [-0.15, -0.1) is 0 Å². The van der Waals surface area contributed by atoms with Crippen molar-refractivity contribution in [1.82, 2.24) is 5.32 Å². The van der Waals surface area contributed by atoms with Gasteiger partial charge in [-0.3, -0.25) is 0 Å². The van der Waals surface area contributed by atoms with Crippen LogP contribution in [0.3, 0.4) is 0 Å². The topological polar surface area (TPSA) is 30.5 Å². The third-order valence-corrected chi connectivity index (χ3v) is 5.13. The molecule has 0 saturated carbocycles. The molecule has 0 bridgehead atoms. The maximum absolute atomic E-state index is 6.06. The van der Waals surface area contributed by atoms with Crippen LogP contribution in [-0.4, -0.2) is 12.6 Å². The van der Waals surface area contributed by atoms with Gasteiger partial charge in [0.2, 0.25) is 0 Å². The second kappa shape index (κ2) is 9.32. The fraction of sp³-hybridized carbons (Fsp3) is 0.500. The third kappa shape index (κ3) is 7.14. The van der Waals surface area contributed by atoms with Crippen LogP contribution in [0, 0.1) is 12.3 Å². The highest BCUT2D eigenvalue weighted by Gasteiger charge is 2.25. The molecule has 2 aromatic rings. The number of hydrogen-bond acceptors (Lipinski definition) is 3. The predicted molar refractivity (Wildman–Crippen MR) is 121 cm³/mol. The molecule has 0 heterocycles. The van der Waals surface area contributed by atoms with Crippen molar-refractivity contribution in [3.8, 4) is 11.5 Å². The molecule has 1 N–H and O–H groups in total. The molecule has 0 aliphatic heterocycles. The van der Waals surface area contributed by atoms with E-state index in [2.05, 4.69) is 99.2 Å². The van der Waals surface area contributed by atoms with Gasteiger partial charge in [0.05, 0.1) is 11.6 Å². The summed E-state index contributed by atoms with van der Waals surface area (Å²) in [5, 5.41) is 3.68. The van der Waals surface area contributed by atoms with Crippen LogP contribution in [0.1, 0.15) is 57.7 Å². The van der Waals surface area contributed by atoms with Crippen LogP contribution in [0.2, 0.25) is 0 Å². The Labute approximate surface area is 179 Å². The first-order valence-electron chi connectivity index (χ1n) is 9.79. The lowest BCUT2D eigenvalue weighted by molar-refractivity contribution is 0.240. The smallest absolute Gasteiger partial charge is 0.175 e. The van der Waals surface area contributed by atoms with Crippen LogP contribution in [0.4, 0.5) is 0 Å². The molecule has 0 atom stereocenters. The van der Waals surface area contributed by atoms with Crippen molar-refractivity contribution < 1.29 is 9.47 Å². The van der Waals surface area contributed by atoms with Gasteiger partial charge in [-0.25, -0.2) is 0 Å². The molecule has 2 rings (SSSR count). The summed E-state index contributed by atoms with van der Waals surface area (Å²) in [6, 6.07) is 12.5. The largest absolute Gasteiger partial charge is 0.493 e. The summed E-state index contributed by atoms with van der Waals surface area (Å²) >= 11 is 3.66. The first kappa shape index (κ1) is 22.8. The monoisotopic (exact) mass is 447 g/mol. The number of rotatable bonds is 8. The Morgan fingerprint density at radius 3 is 2.18 bits per heavy atom. The van der Waals surface area contributed by atoms with Crippen LogP contribution < -0.4 is 14.8 Å². The second-order valence-corrected chi connectivity index (χ2v) is 10.2. The number of halogens is 1. The standard InChI is InChI=1S/C24H34BrNO2/c1-17-8-10-18(11-9-17)15-28-22-20(25)12-19(13-21(22)27-7)14-26-24(5,6)16-23(2,3)4/h8-13,26H,14-16H2,1-7H3. The number of methoxy groups -OCH3 is 1. The summed E-state index contributed by atoms with van der Waals surface area (Å²) < 4.78 is 12.6. The van der Waals surface area contributed by atoms with Crippen molar-refractivity contribution in [3.05, 3.63) is 57.6 Å². The Kier molecular flexibility index (Phi) is 7.58. The van der Waals surface area contributed by atoms with Gasteiger partial charge in [-0.05, 0) is 71.8 Å². The zero-order valence-electron chi connectivity index (χ0n) is 18.3. The van der Waals surface area contributed by atoms with Crippen LogP contribution in [-0.2, 0) is 13.2 Å². The van der Waals surface area contributed by atoms with Gasteiger partial charge in [-0.1, -0.05) is 50.6 Å². The van der Waals surface area contributed by atoms with Crippen LogP contribution in [0.5, 0.6) is 11.5 Å². The summed E-state index contributed by atoms with van der Waals surface area (Å²) in [6.45, 7) is 14.7. The lowest BCUT2D eigenvalue weighted by Gasteiger charge is -2.33. The van der Waals surface area contributed by atoms with Gasteiger partial charge in [0.15, 0.2) is 11.5 Å². The number of aryl methyl sites for hydroxylation is 1. The normalized spacial score (nSPS) is 12.1. The zero-order chi connectivity index (χ0) is 20.9. The number of nitrogens with one attached hydrogen (secondary N) is 1. The molecule has 4 heteroatoms. The zero-order valence-corrected chi connectivity index (χ0v) is 19.9. The molecular formula is C24H34BrNO2. The van der Waals surface area contributed by atoms with Gasteiger partial charge in [-0.2, -0.15) is 0 Å². The molecular weight excluding hydrogens is 414 g/mol. The van der Waals surface area contributed by atoms with E-state index in [1.165, 1.54) is 5.56 Å². The minimum absolute atomic E-state index is 0.0541. The molecule has 0 aliphatic carbocycles. The SMILES string of the molecule is COc1cc(CNC(C)(C)CC(C)(C)C)cc(Br)c1OCc1ccc(C)cc1. The van der Waals surface area contributed by atoms with Crippen molar-refractivity contribution in [1.29, 1.82) is 0 Å². The summed E-state index contributed by atoms with van der Waals surface area (Å²) in [5.41, 5.74) is 3.87. The number of ether oxygens (including phenoxy) is 2. The van der Waals surface area contributed by atoms with Gasteiger partial charge < -0.3 is 14.8 Å². The highest BCUT2D eigenvalue weighted by molar-refractivity contribution is 9.10. The van der Waals surface area contributed by atoms with Crippen molar-refractivity contribution in [3.63, 3.8) is 0 Å². The van der Waals surface area contributed by atoms with Gasteiger partial charge in [0, 0.05) is 12.1 Å². The molecule has 0 amide bonds. The van der Waals surface area contributed by atoms with E-state index in [1.807, 2.05) is 0 Å². The first-order valence-corrected chi connectivity index (χ1v) is 10.6. The van der Waals surface area contributed by atoms with E-state index < -0.39 is 0 Å². The lowest BCUT2D eigenvalue weighted by atomic mass is 9.82. The van der Waals surface area contributed by atoms with Gasteiger partial charge in [0.25, 0.3) is 0 Å². The van der Waals surface area contributed by atoms with E-state index in [1.54, 1.807) is 7.11 Å². The van der Waals surface area contributed by atoms with E-state index in [0.29, 0.717) is 6.61 Å². The molecule has 0 aliphatic rings. The highest BCUT2D eigenvalue weighted by Crippen LogP contribution is 2.37. The highest BCUT2D eigenvalue weighted by atomic mass is 79.9. The average molecular weight is 448 g/mol. The van der Waals surface area contributed by atoms with Crippen LogP contribution in [0.15, 0.2) is 40.9 Å². The van der Waals surface area contributed by atoms with Crippen LogP contribution in [0.25, 0.3) is 0 Å². The molecule has 0 aromatic heterocycles. The average Bonchev–Trinajstić information content (AvgIpc) is 2.58. The van der Waals surface area contributed by atoms with E-state index in [9.17, 15) is 0 Å². The Morgan fingerprint density at radius 1 is 0.964 bits per heavy atom. The van der Waals surface area contributed by atoms with Crippen molar-refractivity contribution >= 4 is 15.9 Å². The van der Waals surface area contributed by atoms with Gasteiger partial charge in [0.1, 0.15) is 6.61 Å². The van der Waals surface area contributed by atoms with E-state index >= 15 is 0 Å². The van der Waals surface area contributed by atoms with Crippen molar-refractivity contribution in [2.75, 3.05) is 7.11 Å². The molecule has 0 saturated heterocycles. The van der Waals surface area contributed by atoms with E-state index in [-0.39, 0.29) is 11.0 Å². The Balaban J connectivity index is 2.08. The van der Waals surface area contributed by atoms with E-state index in [4.69, 9.17) is 9.47 Å². The molecule has 0 radical (unpaired) electrons. The molecule has 28 heavy (non-hydrogen) atoms. The minimum Gasteiger partial charge on any atom is -0.493 e. The maximum Gasteiger partial charge on any atom is 0.175 e. The summed E-state index contributed by atoms with van der Waals surface area (Å²) in [6.07, 6.45) is 1.09. The lowest BCUT2D eigenvalue weighted by Crippen LogP contribution is -2.41. The fourth-order valence-electron chi connectivity index (χ4n) is 3.58. The third-order valence-electron chi connectivity index (χ3n) is 4.54. The number of benzene rings is 2. The quantitative estimate of drug-likeness (QED) is 0.491. The molecule has 3 nitrogen and oxygen atoms in total.